The topological polar surface area (TPSA) is 154 Å². The maximum absolute atomic E-state index is 15.4. The van der Waals surface area contributed by atoms with E-state index in [0.717, 1.165) is 83.8 Å². The minimum atomic E-state index is -2.21. The highest BCUT2D eigenvalue weighted by Gasteiger charge is 2.79. The van der Waals surface area contributed by atoms with Gasteiger partial charge in [-0.05, 0) is 86.0 Å². The molecule has 4 unspecified atom stereocenters. The summed E-state index contributed by atoms with van der Waals surface area (Å²) in [5, 5.41) is 24.0. The van der Waals surface area contributed by atoms with Gasteiger partial charge in [0.15, 0.2) is 0 Å². The molecule has 2 aromatic rings. The number of thioether (sulfide) groups is 1. The number of nitrogens with one attached hydrogen (secondary N) is 1. The van der Waals surface area contributed by atoms with E-state index < -0.39 is 52.5 Å². The first-order valence-corrected chi connectivity index (χ1v) is 23.2. The van der Waals surface area contributed by atoms with E-state index in [1.165, 1.54) is 26.7 Å². The third-order valence-corrected chi connectivity index (χ3v) is 16.9. The van der Waals surface area contributed by atoms with Crippen molar-refractivity contribution in [3.8, 4) is 0 Å². The molecular weight excluding hydrogens is 797 g/mol. The molecule has 14 heteroatoms. The van der Waals surface area contributed by atoms with Gasteiger partial charge in [-0.25, -0.2) is 4.79 Å². The Morgan fingerprint density at radius 1 is 1.03 bits per heavy atom. The number of methoxy groups -OCH3 is 3. The van der Waals surface area contributed by atoms with Gasteiger partial charge < -0.3 is 39.0 Å². The Bertz CT molecular complexity index is 2200. The molecule has 1 saturated carbocycles. The van der Waals surface area contributed by atoms with Crippen LogP contribution in [0.2, 0.25) is 0 Å². The van der Waals surface area contributed by atoms with Crippen molar-refractivity contribution in [3.63, 3.8) is 0 Å². The van der Waals surface area contributed by atoms with E-state index in [-0.39, 0.29) is 36.4 Å². The van der Waals surface area contributed by atoms with Crippen molar-refractivity contribution in [2.24, 2.45) is 29.1 Å². The van der Waals surface area contributed by atoms with Crippen LogP contribution in [-0.4, -0.2) is 145 Å². The molecule has 12 atom stereocenters. The Balaban J connectivity index is 1.31. The first-order chi connectivity index (χ1) is 29.3. The lowest BCUT2D eigenvalue weighted by Crippen LogP contribution is -2.77. The van der Waals surface area contributed by atoms with Crippen molar-refractivity contribution in [2.45, 2.75) is 99.6 Å². The highest BCUT2D eigenvalue weighted by Crippen LogP contribution is 2.68. The highest BCUT2D eigenvalue weighted by molar-refractivity contribution is 7.99. The van der Waals surface area contributed by atoms with Gasteiger partial charge in [0.1, 0.15) is 11.5 Å². The summed E-state index contributed by atoms with van der Waals surface area (Å²) >= 11 is 1.60. The standard InChI is InChI=1S/C47H62N4O9S/c1-8-27-18-28-22-46(43(54)58-6,39-32(25-50(23-27)24-28)31-19-30(61-17-16-52)10-11-35(31)48-39)34-20-33-36(21-37(34)57-5)49(4)42-45(33)13-15-51-14-12-29(9-2)38(40(45)51)41(60-26(3)53)47(42,56)44(55)59-7/h10-11,18-21,28-29,34,37-38,40-42,48,52,56H,8-9,12-17,22-25H2,1-7H3/t28-,29+,34?,37?,38?,40+,41-,42-,45-,46+,47-/m1/s1. The summed E-state index contributed by atoms with van der Waals surface area (Å²) in [7, 11) is 6.35. The Hall–Kier alpha value is -3.66. The van der Waals surface area contributed by atoms with Crippen LogP contribution in [0.15, 0.2) is 58.2 Å². The summed E-state index contributed by atoms with van der Waals surface area (Å²) in [6.45, 7) is 9.60. The molecule has 1 spiro atoms. The van der Waals surface area contributed by atoms with Crippen molar-refractivity contribution in [1.29, 1.82) is 0 Å². The third kappa shape index (κ3) is 6.09. The SMILES string of the molecule is CCC1=C[C@H]2CN(C1)Cc1c([nH]c3ccc(SCCO)cc13)[C@@](C(=O)OC)(C1C=C3C(=CC1OC)N(C)[C@H]1[C@@](O)(C(=O)OC)[C@H](OC(C)=O)C4[C@@H](CC)CCN5CC[C@]31[C@H]45)C2. The molecule has 1 aromatic carbocycles. The number of fused-ring (bicyclic) bond motifs is 6. The summed E-state index contributed by atoms with van der Waals surface area (Å²) in [4.78, 5) is 54.6. The Morgan fingerprint density at radius 3 is 2.51 bits per heavy atom. The Kier molecular flexibility index (Phi) is 11.1. The predicted molar refractivity (Wildman–Crippen MR) is 230 cm³/mol. The Morgan fingerprint density at radius 2 is 1.82 bits per heavy atom. The number of carbonyl (C=O) groups is 3. The second-order valence-electron chi connectivity index (χ2n) is 18.6. The molecular formula is C47H62N4O9S. The number of hydrogen-bond acceptors (Lipinski definition) is 13. The monoisotopic (exact) mass is 858 g/mol. The number of rotatable bonds is 10. The molecule has 330 valence electrons. The van der Waals surface area contributed by atoms with Crippen LogP contribution in [-0.2, 0) is 45.3 Å². The average molecular weight is 859 g/mol. The number of carbonyl (C=O) groups excluding carboxylic acids is 3. The van der Waals surface area contributed by atoms with Crippen molar-refractivity contribution in [3.05, 3.63) is 64.5 Å². The summed E-state index contributed by atoms with van der Waals surface area (Å²) in [6, 6.07) is 5.31. The number of H-pyrrole nitrogens is 1. The molecule has 4 fully saturated rings. The number of likely N-dealkylation sites (tertiary alicyclic amines) is 1. The van der Waals surface area contributed by atoms with Crippen LogP contribution >= 0.6 is 11.8 Å². The van der Waals surface area contributed by atoms with Crippen LogP contribution in [0.1, 0.15) is 64.1 Å². The molecule has 5 aliphatic heterocycles. The normalized spacial score (nSPS) is 37.6. The van der Waals surface area contributed by atoms with Crippen LogP contribution in [0.5, 0.6) is 0 Å². The quantitative estimate of drug-likeness (QED) is 0.133. The van der Waals surface area contributed by atoms with Gasteiger partial charge in [-0.2, -0.15) is 0 Å². The van der Waals surface area contributed by atoms with Crippen molar-refractivity contribution >= 4 is 40.6 Å². The number of piperidine rings is 1. The number of aliphatic hydroxyl groups is 2. The summed E-state index contributed by atoms with van der Waals surface area (Å²) in [6.07, 6.45) is 8.65. The Labute approximate surface area is 362 Å². The highest BCUT2D eigenvalue weighted by atomic mass is 32.2. The van der Waals surface area contributed by atoms with Crippen LogP contribution in [0.3, 0.4) is 0 Å². The molecule has 1 aromatic heterocycles. The number of aromatic amines is 1. The fraction of sp³-hybridized carbons (Fsp3) is 0.638. The zero-order chi connectivity index (χ0) is 43.2. The smallest absolute Gasteiger partial charge is 0.344 e. The van der Waals surface area contributed by atoms with Crippen LogP contribution < -0.4 is 0 Å². The second kappa shape index (κ2) is 15.8. The van der Waals surface area contributed by atoms with E-state index in [1.54, 1.807) is 18.9 Å². The van der Waals surface area contributed by atoms with Crippen molar-refractivity contribution in [1.82, 2.24) is 19.7 Å². The molecule has 9 rings (SSSR count). The van der Waals surface area contributed by atoms with Crippen LogP contribution in [0.25, 0.3) is 10.9 Å². The minimum Gasteiger partial charge on any atom is -0.468 e. The molecule has 0 radical (unpaired) electrons. The molecule has 6 heterocycles. The first-order valence-electron chi connectivity index (χ1n) is 22.2. The largest absolute Gasteiger partial charge is 0.468 e. The minimum absolute atomic E-state index is 0.0371. The van der Waals surface area contributed by atoms with Gasteiger partial charge in [0.25, 0.3) is 0 Å². The predicted octanol–water partition coefficient (Wildman–Crippen LogP) is 4.56. The summed E-state index contributed by atoms with van der Waals surface area (Å²) in [5.41, 5.74) is 1.70. The third-order valence-electron chi connectivity index (χ3n) is 15.9. The second-order valence-corrected chi connectivity index (χ2v) is 19.7. The molecule has 0 amide bonds. The lowest BCUT2D eigenvalue weighted by Gasteiger charge is -2.61. The number of likely N-dealkylation sites (N-methyl/N-ethyl adjacent to an activating group) is 1. The van der Waals surface area contributed by atoms with Gasteiger partial charge in [0.2, 0.25) is 5.60 Å². The number of esters is 3. The molecule has 3 N–H and O–H groups in total. The summed E-state index contributed by atoms with van der Waals surface area (Å²) < 4.78 is 24.2. The van der Waals surface area contributed by atoms with Gasteiger partial charge in [-0.1, -0.05) is 38.0 Å². The fourth-order valence-corrected chi connectivity index (χ4v) is 14.5. The maximum Gasteiger partial charge on any atom is 0.344 e. The lowest BCUT2D eigenvalue weighted by atomic mass is 9.50. The molecule has 2 aliphatic carbocycles. The van der Waals surface area contributed by atoms with Gasteiger partial charge in [0, 0.05) is 97.0 Å². The number of ether oxygens (including phenoxy) is 4. The number of benzene rings is 1. The van der Waals surface area contributed by atoms with Crippen LogP contribution in [0.4, 0.5) is 0 Å². The molecule has 13 nitrogen and oxygen atoms in total. The van der Waals surface area contributed by atoms with Gasteiger partial charge in [-0.3, -0.25) is 19.4 Å². The summed E-state index contributed by atoms with van der Waals surface area (Å²) in [5.74, 6) is -1.97. The maximum atomic E-state index is 15.4. The number of allylic oxidation sites excluding steroid dienone is 1. The van der Waals surface area contributed by atoms with E-state index in [2.05, 4.69) is 65.1 Å². The van der Waals surface area contributed by atoms with Gasteiger partial charge in [-0.15, -0.1) is 11.8 Å². The number of aliphatic hydroxyl groups excluding tert-OH is 1. The fourth-order valence-electron chi connectivity index (χ4n) is 13.8. The number of hydrogen-bond donors (Lipinski definition) is 3. The van der Waals surface area contributed by atoms with Gasteiger partial charge >= 0.3 is 17.9 Å². The van der Waals surface area contributed by atoms with E-state index in [0.29, 0.717) is 25.1 Å². The number of aromatic nitrogens is 1. The van der Waals surface area contributed by atoms with Crippen molar-refractivity contribution < 1.29 is 43.5 Å². The van der Waals surface area contributed by atoms with Crippen molar-refractivity contribution in [2.75, 3.05) is 66.9 Å². The van der Waals surface area contributed by atoms with E-state index in [1.807, 2.05) is 11.9 Å². The van der Waals surface area contributed by atoms with E-state index >= 15 is 4.79 Å². The average Bonchev–Trinajstić information content (AvgIpc) is 3.90. The molecule has 7 aliphatic rings. The molecule has 2 bridgehead atoms. The zero-order valence-corrected chi connectivity index (χ0v) is 37.4. The molecule has 61 heavy (non-hydrogen) atoms. The first kappa shape index (κ1) is 42.6. The number of nitrogens with zero attached hydrogens (tertiary/aromatic N) is 3. The molecule has 3 saturated heterocycles. The van der Waals surface area contributed by atoms with Crippen LogP contribution in [0, 0.1) is 29.1 Å². The zero-order valence-electron chi connectivity index (χ0n) is 36.6. The van der Waals surface area contributed by atoms with E-state index in [9.17, 15) is 19.8 Å². The lowest BCUT2D eigenvalue weighted by molar-refractivity contribution is -0.238. The van der Waals surface area contributed by atoms with E-state index in [4.69, 9.17) is 18.9 Å². The van der Waals surface area contributed by atoms with Gasteiger partial charge in [0.05, 0.1) is 33.0 Å².